The van der Waals surface area contributed by atoms with E-state index in [9.17, 15) is 0 Å². The molecular weight excluding hydrogens is 232 g/mol. The van der Waals surface area contributed by atoms with Gasteiger partial charge in [-0.15, -0.1) is 0 Å². The Morgan fingerprint density at radius 2 is 1.95 bits per heavy atom. The SMILES string of the molecule is CN(C)C1=CCC=C1Cc1cc2ccccc2n1C. The molecular formula is C17H20N2. The number of hydrogen-bond acceptors (Lipinski definition) is 1. The van der Waals surface area contributed by atoms with E-state index in [1.54, 1.807) is 0 Å². The van der Waals surface area contributed by atoms with Gasteiger partial charge in [-0.2, -0.15) is 0 Å². The maximum absolute atomic E-state index is 2.34. The highest BCUT2D eigenvalue weighted by molar-refractivity contribution is 5.81. The molecule has 98 valence electrons. The zero-order chi connectivity index (χ0) is 13.4. The molecule has 1 heterocycles. The lowest BCUT2D eigenvalue weighted by Gasteiger charge is -2.18. The van der Waals surface area contributed by atoms with Crippen molar-refractivity contribution >= 4 is 10.9 Å². The normalized spacial score (nSPS) is 14.7. The summed E-state index contributed by atoms with van der Waals surface area (Å²) < 4.78 is 2.31. The van der Waals surface area contributed by atoms with Crippen LogP contribution in [0, 0.1) is 0 Å². The summed E-state index contributed by atoms with van der Waals surface area (Å²) >= 11 is 0. The van der Waals surface area contributed by atoms with Gasteiger partial charge in [0, 0.05) is 44.5 Å². The minimum Gasteiger partial charge on any atom is -0.378 e. The van der Waals surface area contributed by atoms with Crippen LogP contribution in [0.15, 0.2) is 53.8 Å². The first-order chi connectivity index (χ1) is 9.16. The van der Waals surface area contributed by atoms with Crippen LogP contribution >= 0.6 is 0 Å². The number of allylic oxidation sites excluding steroid dienone is 3. The topological polar surface area (TPSA) is 8.17 Å². The summed E-state index contributed by atoms with van der Waals surface area (Å²) in [6.45, 7) is 0. The van der Waals surface area contributed by atoms with Crippen LogP contribution < -0.4 is 0 Å². The third kappa shape index (κ3) is 2.07. The Morgan fingerprint density at radius 1 is 1.16 bits per heavy atom. The van der Waals surface area contributed by atoms with Gasteiger partial charge in [0.1, 0.15) is 0 Å². The molecule has 1 aromatic heterocycles. The first kappa shape index (κ1) is 12.1. The van der Waals surface area contributed by atoms with Crippen molar-refractivity contribution in [2.75, 3.05) is 14.1 Å². The van der Waals surface area contributed by atoms with Crippen LogP contribution in [0.25, 0.3) is 10.9 Å². The number of fused-ring (bicyclic) bond motifs is 1. The van der Waals surface area contributed by atoms with Crippen molar-refractivity contribution < 1.29 is 0 Å². The Balaban J connectivity index is 1.94. The van der Waals surface area contributed by atoms with Crippen molar-refractivity contribution in [2.24, 2.45) is 7.05 Å². The molecule has 0 fully saturated rings. The van der Waals surface area contributed by atoms with Gasteiger partial charge in [-0.05, 0) is 29.5 Å². The number of nitrogens with zero attached hydrogens (tertiary/aromatic N) is 2. The molecule has 0 aliphatic heterocycles. The zero-order valence-corrected chi connectivity index (χ0v) is 11.9. The molecule has 1 aliphatic rings. The second-order valence-corrected chi connectivity index (χ2v) is 5.38. The molecule has 1 aliphatic carbocycles. The molecule has 3 rings (SSSR count). The summed E-state index contributed by atoms with van der Waals surface area (Å²) in [4.78, 5) is 2.21. The predicted molar refractivity (Wildman–Crippen MR) is 81.1 cm³/mol. The lowest BCUT2D eigenvalue weighted by atomic mass is 10.1. The largest absolute Gasteiger partial charge is 0.378 e. The second kappa shape index (κ2) is 4.61. The number of aryl methyl sites for hydroxylation is 1. The molecule has 2 nitrogen and oxygen atoms in total. The summed E-state index contributed by atoms with van der Waals surface area (Å²) in [5.74, 6) is 0. The molecule has 0 bridgehead atoms. The predicted octanol–water partition coefficient (Wildman–Crippen LogP) is 3.50. The van der Waals surface area contributed by atoms with Gasteiger partial charge in [0.05, 0.1) is 0 Å². The molecule has 0 saturated heterocycles. The maximum atomic E-state index is 2.34. The fourth-order valence-corrected chi connectivity index (χ4v) is 2.89. The Hall–Kier alpha value is -1.96. The van der Waals surface area contributed by atoms with E-state index in [0.717, 1.165) is 12.8 Å². The van der Waals surface area contributed by atoms with Gasteiger partial charge >= 0.3 is 0 Å². The molecule has 0 saturated carbocycles. The molecule has 1 aromatic carbocycles. The van der Waals surface area contributed by atoms with E-state index in [1.807, 2.05) is 0 Å². The van der Waals surface area contributed by atoms with Gasteiger partial charge < -0.3 is 9.47 Å². The zero-order valence-electron chi connectivity index (χ0n) is 11.9. The molecule has 19 heavy (non-hydrogen) atoms. The van der Waals surface area contributed by atoms with Crippen molar-refractivity contribution in [1.29, 1.82) is 0 Å². The van der Waals surface area contributed by atoms with Gasteiger partial charge in [-0.1, -0.05) is 30.4 Å². The third-order valence-corrected chi connectivity index (χ3v) is 3.91. The van der Waals surface area contributed by atoms with E-state index in [2.05, 4.69) is 73.1 Å². The number of rotatable bonds is 3. The van der Waals surface area contributed by atoms with E-state index in [1.165, 1.54) is 27.9 Å². The molecule has 2 aromatic rings. The quantitative estimate of drug-likeness (QED) is 0.811. The average Bonchev–Trinajstić information content (AvgIpc) is 2.97. The van der Waals surface area contributed by atoms with Gasteiger partial charge in [0.2, 0.25) is 0 Å². The fourth-order valence-electron chi connectivity index (χ4n) is 2.89. The first-order valence-electron chi connectivity index (χ1n) is 6.77. The molecule has 0 amide bonds. The lowest BCUT2D eigenvalue weighted by Crippen LogP contribution is -2.13. The van der Waals surface area contributed by atoms with Gasteiger partial charge in [-0.25, -0.2) is 0 Å². The molecule has 0 spiro atoms. The number of benzene rings is 1. The number of hydrogen-bond donors (Lipinski definition) is 0. The van der Waals surface area contributed by atoms with Crippen molar-refractivity contribution in [3.8, 4) is 0 Å². The van der Waals surface area contributed by atoms with Crippen LogP contribution in [0.2, 0.25) is 0 Å². The lowest BCUT2D eigenvalue weighted by molar-refractivity contribution is 0.519. The third-order valence-electron chi connectivity index (χ3n) is 3.91. The summed E-state index contributed by atoms with van der Waals surface area (Å²) in [6.07, 6.45) is 6.72. The van der Waals surface area contributed by atoms with Crippen LogP contribution in [0.5, 0.6) is 0 Å². The first-order valence-corrected chi connectivity index (χ1v) is 6.77. The standard InChI is InChI=1S/C17H20N2/c1-18(2)16-10-6-8-13(16)11-15-12-14-7-4-5-9-17(14)19(15)3/h4-5,7-10,12H,6,11H2,1-3H3. The average molecular weight is 252 g/mol. The summed E-state index contributed by atoms with van der Waals surface area (Å²) in [5.41, 5.74) is 5.50. The highest BCUT2D eigenvalue weighted by Gasteiger charge is 2.14. The molecule has 0 atom stereocenters. The summed E-state index contributed by atoms with van der Waals surface area (Å²) in [7, 11) is 6.39. The Bertz CT molecular complexity index is 672. The summed E-state index contributed by atoms with van der Waals surface area (Å²) in [5, 5.41) is 1.33. The van der Waals surface area contributed by atoms with E-state index in [-0.39, 0.29) is 0 Å². The van der Waals surface area contributed by atoms with Crippen LogP contribution in [0.4, 0.5) is 0 Å². The Morgan fingerprint density at radius 3 is 2.68 bits per heavy atom. The van der Waals surface area contributed by atoms with Crippen LogP contribution in [0.3, 0.4) is 0 Å². The smallest absolute Gasteiger partial charge is 0.0479 e. The van der Waals surface area contributed by atoms with E-state index >= 15 is 0 Å². The van der Waals surface area contributed by atoms with Crippen LogP contribution in [0.1, 0.15) is 12.1 Å². The van der Waals surface area contributed by atoms with Crippen molar-refractivity contribution in [1.82, 2.24) is 9.47 Å². The Labute approximate surface area is 114 Å². The van der Waals surface area contributed by atoms with Crippen LogP contribution in [-0.2, 0) is 13.5 Å². The van der Waals surface area contributed by atoms with E-state index in [0.29, 0.717) is 0 Å². The second-order valence-electron chi connectivity index (χ2n) is 5.38. The number of likely N-dealkylation sites (N-methyl/N-ethyl adjacent to an activating group) is 1. The molecule has 2 heteroatoms. The monoisotopic (exact) mass is 252 g/mol. The fraction of sp³-hybridized carbons (Fsp3) is 0.294. The Kier molecular flexibility index (Phi) is 2.94. The maximum Gasteiger partial charge on any atom is 0.0479 e. The number of para-hydroxylation sites is 1. The minimum atomic E-state index is 1.01. The summed E-state index contributed by atoms with van der Waals surface area (Å²) in [6, 6.07) is 10.9. The molecule has 0 unspecified atom stereocenters. The van der Waals surface area contributed by atoms with E-state index in [4.69, 9.17) is 0 Å². The van der Waals surface area contributed by atoms with Crippen LogP contribution in [-0.4, -0.2) is 23.6 Å². The molecule has 0 N–H and O–H groups in total. The van der Waals surface area contributed by atoms with E-state index < -0.39 is 0 Å². The van der Waals surface area contributed by atoms with Gasteiger partial charge in [0.15, 0.2) is 0 Å². The van der Waals surface area contributed by atoms with Crippen molar-refractivity contribution in [3.63, 3.8) is 0 Å². The number of aromatic nitrogens is 1. The van der Waals surface area contributed by atoms with Gasteiger partial charge in [0.25, 0.3) is 0 Å². The van der Waals surface area contributed by atoms with Crippen molar-refractivity contribution in [3.05, 3.63) is 59.4 Å². The van der Waals surface area contributed by atoms with Crippen molar-refractivity contribution in [2.45, 2.75) is 12.8 Å². The highest BCUT2D eigenvalue weighted by atomic mass is 15.1. The highest BCUT2D eigenvalue weighted by Crippen LogP contribution is 2.27. The molecule has 0 radical (unpaired) electrons. The minimum absolute atomic E-state index is 1.01. The van der Waals surface area contributed by atoms with Gasteiger partial charge in [-0.3, -0.25) is 0 Å².